The maximum atomic E-state index is 14.1. The molecule has 0 N–H and O–H groups in total. The number of alkyl halides is 11. The van der Waals surface area contributed by atoms with E-state index in [1.165, 1.54) is 6.07 Å². The molecule has 0 spiro atoms. The number of carbonyl (C=O) groups excluding carboxylic acids is 1. The van der Waals surface area contributed by atoms with Gasteiger partial charge in [-0.15, -0.1) is 17.6 Å². The molecular formula is C30H25F11O8. The largest absolute Gasteiger partial charge is 0.496 e. The minimum absolute atomic E-state index is 0.0108. The van der Waals surface area contributed by atoms with Crippen LogP contribution in [0.15, 0.2) is 64.3 Å². The van der Waals surface area contributed by atoms with Crippen LogP contribution in [0.1, 0.15) is 37.3 Å². The van der Waals surface area contributed by atoms with Gasteiger partial charge >= 0.3 is 42.6 Å². The molecule has 8 nitrogen and oxygen atoms in total. The number of halogens is 11. The van der Waals surface area contributed by atoms with Gasteiger partial charge in [-0.3, -0.25) is 0 Å². The van der Waals surface area contributed by atoms with E-state index >= 15 is 0 Å². The van der Waals surface area contributed by atoms with Gasteiger partial charge in [0.25, 0.3) is 0 Å². The van der Waals surface area contributed by atoms with E-state index < -0.39 is 83.8 Å². The molecule has 0 fully saturated rings. The lowest BCUT2D eigenvalue weighted by Gasteiger charge is -2.27. The standard InChI is InChI=1S/C30H25F11O8/c1-3-5-6-7-17-8-11-20(22(12-17)28(35,36)37)21-13-18-9-10-19(14-23(18)46-25(21)43)44-15-26(31,32)47-29(38,39)49-30(40,41)48-27(33,34)16-45-24(42)4-2/h4,8-14H,2-3,5-7,15-16H2,1H3. The van der Waals surface area contributed by atoms with Crippen LogP contribution < -0.4 is 10.4 Å². The van der Waals surface area contributed by atoms with Crippen LogP contribution in [0, 0.1) is 0 Å². The molecule has 0 aliphatic carbocycles. The molecule has 1 aromatic heterocycles. The minimum Gasteiger partial charge on any atom is -0.484 e. The van der Waals surface area contributed by atoms with Gasteiger partial charge in [-0.05, 0) is 42.7 Å². The van der Waals surface area contributed by atoms with Crippen LogP contribution in [-0.2, 0) is 36.3 Å². The van der Waals surface area contributed by atoms with E-state index in [0.717, 1.165) is 49.2 Å². The third-order valence-electron chi connectivity index (χ3n) is 6.19. The molecule has 0 saturated heterocycles. The Bertz CT molecular complexity index is 1690. The van der Waals surface area contributed by atoms with E-state index in [9.17, 15) is 57.9 Å². The van der Waals surface area contributed by atoms with Gasteiger partial charge < -0.3 is 13.9 Å². The fourth-order valence-corrected chi connectivity index (χ4v) is 4.13. The van der Waals surface area contributed by atoms with Crippen molar-refractivity contribution in [1.82, 2.24) is 0 Å². The van der Waals surface area contributed by atoms with E-state index in [4.69, 9.17) is 4.42 Å². The lowest BCUT2D eigenvalue weighted by Crippen LogP contribution is -2.46. The minimum atomic E-state index is -5.99. The highest BCUT2D eigenvalue weighted by Crippen LogP contribution is 2.39. The maximum absolute atomic E-state index is 14.1. The summed E-state index contributed by atoms with van der Waals surface area (Å²) < 4.78 is 173. The van der Waals surface area contributed by atoms with Crippen molar-refractivity contribution < 1.29 is 81.2 Å². The van der Waals surface area contributed by atoms with E-state index in [2.05, 4.69) is 30.3 Å². The fourth-order valence-electron chi connectivity index (χ4n) is 4.13. The molecule has 1 heterocycles. The summed E-state index contributed by atoms with van der Waals surface area (Å²) in [5, 5.41) is -0.0108. The predicted octanol–water partition coefficient (Wildman–Crippen LogP) is 8.66. The van der Waals surface area contributed by atoms with Gasteiger partial charge in [-0.2, -0.15) is 30.7 Å². The van der Waals surface area contributed by atoms with Crippen LogP contribution in [0.2, 0.25) is 0 Å². The number of hydrogen-bond acceptors (Lipinski definition) is 8. The van der Waals surface area contributed by atoms with Crippen molar-refractivity contribution in [3.63, 3.8) is 0 Å². The van der Waals surface area contributed by atoms with Crippen molar-refractivity contribution in [2.75, 3.05) is 13.2 Å². The molecule has 0 saturated carbocycles. The highest BCUT2D eigenvalue weighted by Gasteiger charge is 2.57. The molecule has 49 heavy (non-hydrogen) atoms. The summed E-state index contributed by atoms with van der Waals surface area (Å²) in [5.41, 5.74) is -3.32. The van der Waals surface area contributed by atoms with Crippen LogP contribution in [0.4, 0.5) is 48.3 Å². The summed E-state index contributed by atoms with van der Waals surface area (Å²) in [5.74, 6) is -2.14. The summed E-state index contributed by atoms with van der Waals surface area (Å²) in [7, 11) is 0. The Morgan fingerprint density at radius 1 is 0.796 bits per heavy atom. The lowest BCUT2D eigenvalue weighted by molar-refractivity contribution is -0.574. The van der Waals surface area contributed by atoms with E-state index in [1.54, 1.807) is 0 Å². The smallest absolute Gasteiger partial charge is 0.484 e. The van der Waals surface area contributed by atoms with Crippen molar-refractivity contribution in [2.45, 2.75) is 63.6 Å². The predicted molar refractivity (Wildman–Crippen MR) is 146 cm³/mol. The van der Waals surface area contributed by atoms with Crippen LogP contribution in [0.5, 0.6) is 5.75 Å². The quantitative estimate of drug-likeness (QED) is 0.0342. The Balaban J connectivity index is 1.73. The van der Waals surface area contributed by atoms with Gasteiger partial charge in [0, 0.05) is 23.1 Å². The zero-order chi connectivity index (χ0) is 36.8. The number of aryl methyl sites for hydroxylation is 1. The number of esters is 1. The van der Waals surface area contributed by atoms with Crippen LogP contribution in [0.3, 0.4) is 0 Å². The number of fused-ring (bicyclic) bond motifs is 1. The Morgan fingerprint density at radius 3 is 2.02 bits per heavy atom. The molecule has 3 aromatic rings. The second-order valence-electron chi connectivity index (χ2n) is 10.1. The number of benzene rings is 2. The first-order chi connectivity index (χ1) is 22.6. The SMILES string of the molecule is C=CC(=O)OCC(F)(F)OC(F)(F)OC(F)(F)OC(F)(F)COc1ccc2cc(-c3ccc(CCCCC)cc3C(F)(F)F)c(=O)oc2c1. The average molecular weight is 723 g/mol. The highest BCUT2D eigenvalue weighted by molar-refractivity contribution is 5.83. The van der Waals surface area contributed by atoms with Crippen LogP contribution in [0.25, 0.3) is 22.1 Å². The topological polar surface area (TPSA) is 93.4 Å². The molecule has 0 aliphatic heterocycles. The first-order valence-corrected chi connectivity index (χ1v) is 13.9. The lowest BCUT2D eigenvalue weighted by atomic mass is 9.95. The second-order valence-corrected chi connectivity index (χ2v) is 10.1. The Labute approximate surface area is 268 Å². The van der Waals surface area contributed by atoms with Crippen LogP contribution in [-0.4, -0.2) is 44.0 Å². The molecule has 19 heteroatoms. The molecule has 0 bridgehead atoms. The zero-order valence-electron chi connectivity index (χ0n) is 25.0. The third kappa shape index (κ3) is 11.7. The van der Waals surface area contributed by atoms with Gasteiger partial charge in [0.05, 0.1) is 11.1 Å². The third-order valence-corrected chi connectivity index (χ3v) is 6.19. The van der Waals surface area contributed by atoms with Crippen LogP contribution >= 0.6 is 0 Å². The number of ether oxygens (including phenoxy) is 5. The molecule has 2 aromatic carbocycles. The number of rotatable bonds is 17. The van der Waals surface area contributed by atoms with Gasteiger partial charge in [0.1, 0.15) is 11.3 Å². The van der Waals surface area contributed by atoms with Crippen molar-refractivity contribution in [2.24, 2.45) is 0 Å². The molecule has 0 atom stereocenters. The van der Waals surface area contributed by atoms with Gasteiger partial charge in [-0.1, -0.05) is 38.5 Å². The first kappa shape index (κ1) is 39.2. The second kappa shape index (κ2) is 15.1. The summed E-state index contributed by atoms with van der Waals surface area (Å²) in [6.45, 7) is 0.392. The molecule has 270 valence electrons. The molecule has 0 aliphatic rings. The molecule has 0 unspecified atom stereocenters. The summed E-state index contributed by atoms with van der Waals surface area (Å²) in [6.07, 6.45) is -24.1. The summed E-state index contributed by atoms with van der Waals surface area (Å²) in [6, 6.07) is 7.29. The van der Waals surface area contributed by atoms with Crippen molar-refractivity contribution >= 4 is 16.9 Å². The van der Waals surface area contributed by atoms with Crippen molar-refractivity contribution in [3.05, 3.63) is 76.7 Å². The van der Waals surface area contributed by atoms with Gasteiger partial charge in [0.15, 0.2) is 13.2 Å². The molecule has 0 radical (unpaired) electrons. The fraction of sp³-hybridized carbons (Fsp3) is 0.400. The number of carbonyl (C=O) groups is 1. The van der Waals surface area contributed by atoms with E-state index in [1.807, 2.05) is 6.92 Å². The van der Waals surface area contributed by atoms with Gasteiger partial charge in [-0.25, -0.2) is 23.8 Å². The molecule has 3 rings (SSSR count). The molecule has 0 amide bonds. The van der Waals surface area contributed by atoms with Crippen molar-refractivity contribution in [3.8, 4) is 16.9 Å². The van der Waals surface area contributed by atoms with E-state index in [0.29, 0.717) is 24.5 Å². The summed E-state index contributed by atoms with van der Waals surface area (Å²) >= 11 is 0. The van der Waals surface area contributed by atoms with E-state index in [-0.39, 0.29) is 5.39 Å². The first-order valence-electron chi connectivity index (χ1n) is 13.9. The zero-order valence-corrected chi connectivity index (χ0v) is 25.0. The Kier molecular flexibility index (Phi) is 12.1. The monoisotopic (exact) mass is 722 g/mol. The number of hydrogen-bond donors (Lipinski definition) is 0. The molecular weight excluding hydrogens is 697 g/mol. The van der Waals surface area contributed by atoms with Crippen molar-refractivity contribution in [1.29, 1.82) is 0 Å². The maximum Gasteiger partial charge on any atom is 0.496 e. The Hall–Kier alpha value is -4.23. The van der Waals surface area contributed by atoms with Gasteiger partial charge in [0.2, 0.25) is 0 Å². The Morgan fingerprint density at radius 2 is 1.43 bits per heavy atom. The summed E-state index contributed by atoms with van der Waals surface area (Å²) in [4.78, 5) is 23.5. The number of unbranched alkanes of at least 4 members (excludes halogenated alkanes) is 2. The normalized spacial score (nSPS) is 13.1. The average Bonchev–Trinajstić information content (AvgIpc) is 2.96. The highest BCUT2D eigenvalue weighted by atomic mass is 19.4.